The number of Topliss-reactive ketones (excluding diaryl/α,β-unsaturated/α-hetero) is 1. The highest BCUT2D eigenvalue weighted by Crippen LogP contribution is 2.32. The molecule has 1 saturated carbocycles. The van der Waals surface area contributed by atoms with E-state index in [0.717, 1.165) is 53.5 Å². The molecule has 0 bridgehead atoms. The predicted molar refractivity (Wildman–Crippen MR) is 183 cm³/mol. The monoisotopic (exact) mass is 649 g/mol. The number of nitrogens with two attached hydrogens (primary N) is 1. The van der Waals surface area contributed by atoms with Crippen LogP contribution >= 0.6 is 0 Å². The van der Waals surface area contributed by atoms with Gasteiger partial charge in [0.05, 0.1) is 13.2 Å². The number of ether oxygens (including phenoxy) is 1. The zero-order valence-corrected chi connectivity index (χ0v) is 27.4. The van der Waals surface area contributed by atoms with Crippen molar-refractivity contribution in [2.24, 2.45) is 23.5 Å². The van der Waals surface area contributed by atoms with Gasteiger partial charge in [0.1, 0.15) is 5.78 Å². The van der Waals surface area contributed by atoms with Gasteiger partial charge in [0, 0.05) is 48.2 Å². The number of nitrogens with one attached hydrogen (secondary N) is 2. The zero-order valence-electron chi connectivity index (χ0n) is 27.4. The lowest BCUT2D eigenvalue weighted by molar-refractivity contribution is -0.129. The van der Waals surface area contributed by atoms with Crippen LogP contribution in [0.3, 0.4) is 0 Å². The Balaban J connectivity index is 1.22. The quantitative estimate of drug-likeness (QED) is 0.209. The number of hydrogen-bond acceptors (Lipinski definition) is 8. The van der Waals surface area contributed by atoms with E-state index in [0.29, 0.717) is 62.3 Å². The molecule has 1 aliphatic carbocycles. The number of aryl methyl sites for hydroxylation is 1. The van der Waals surface area contributed by atoms with Gasteiger partial charge in [0.25, 0.3) is 5.91 Å². The van der Waals surface area contributed by atoms with Gasteiger partial charge < -0.3 is 20.7 Å². The minimum Gasteiger partial charge on any atom is -0.378 e. The number of carbonyl (C=O) groups excluding carboxylic acids is 3. The fourth-order valence-corrected chi connectivity index (χ4v) is 6.78. The first-order valence-electron chi connectivity index (χ1n) is 16.8. The minimum atomic E-state index is -0.564. The number of benzene rings is 3. The van der Waals surface area contributed by atoms with Crippen molar-refractivity contribution in [1.82, 2.24) is 25.5 Å². The van der Waals surface area contributed by atoms with Crippen LogP contribution in [0.25, 0.3) is 22.5 Å². The Kier molecular flexibility index (Phi) is 10.7. The van der Waals surface area contributed by atoms with Crippen molar-refractivity contribution >= 4 is 23.3 Å². The van der Waals surface area contributed by atoms with E-state index in [4.69, 9.17) is 10.5 Å². The molecule has 2 amide bonds. The van der Waals surface area contributed by atoms with Crippen molar-refractivity contribution in [3.05, 3.63) is 83.4 Å². The summed E-state index contributed by atoms with van der Waals surface area (Å²) in [5, 5.41) is 17.1. The molecule has 1 atom stereocenters. The molecular formula is C37H43N7O4. The van der Waals surface area contributed by atoms with Crippen molar-refractivity contribution in [2.45, 2.75) is 45.4 Å². The van der Waals surface area contributed by atoms with E-state index >= 15 is 0 Å². The third-order valence-electron chi connectivity index (χ3n) is 9.71. The molecule has 6 rings (SSSR count). The van der Waals surface area contributed by atoms with Crippen LogP contribution in [-0.4, -0.2) is 76.0 Å². The van der Waals surface area contributed by atoms with Gasteiger partial charge in [0.15, 0.2) is 0 Å². The number of hydrogen-bond donors (Lipinski definition) is 3. The Labute approximate surface area is 280 Å². The van der Waals surface area contributed by atoms with E-state index in [9.17, 15) is 14.4 Å². The first-order valence-corrected chi connectivity index (χ1v) is 16.8. The maximum atomic E-state index is 13.9. The van der Waals surface area contributed by atoms with Crippen molar-refractivity contribution in [2.75, 3.05) is 38.2 Å². The average molecular weight is 650 g/mol. The molecule has 1 aromatic heterocycles. The van der Waals surface area contributed by atoms with Crippen molar-refractivity contribution < 1.29 is 19.1 Å². The summed E-state index contributed by atoms with van der Waals surface area (Å²) in [6.07, 6.45) is 4.10. The van der Waals surface area contributed by atoms with Gasteiger partial charge in [-0.3, -0.25) is 14.4 Å². The summed E-state index contributed by atoms with van der Waals surface area (Å²) in [5.41, 5.74) is 11.9. The fourth-order valence-electron chi connectivity index (χ4n) is 6.78. The molecule has 11 nitrogen and oxygen atoms in total. The molecule has 0 unspecified atom stereocenters. The molecule has 4 N–H and O–H groups in total. The highest BCUT2D eigenvalue weighted by atomic mass is 16.5. The molecule has 1 aliphatic heterocycles. The molecule has 2 aliphatic rings. The highest BCUT2D eigenvalue weighted by molar-refractivity contribution is 5.97. The summed E-state index contributed by atoms with van der Waals surface area (Å²) in [4.78, 5) is 42.5. The largest absolute Gasteiger partial charge is 0.378 e. The lowest BCUT2D eigenvalue weighted by Gasteiger charge is -2.28. The van der Waals surface area contributed by atoms with Gasteiger partial charge in [-0.25, -0.2) is 0 Å². The lowest BCUT2D eigenvalue weighted by atomic mass is 9.77. The summed E-state index contributed by atoms with van der Waals surface area (Å²) in [6, 6.07) is 21.1. The standard InChI is InChI=1S/C37H43N7O4/c1-24-5-6-26(20-33(24)29-3-2-4-30(21-29)37(47)44-15-17-48-18-16-44)19-31(22-34(45)27-9-7-25(23-38)8-10-27)36(46)39-32-13-11-28(12-14-32)35-40-42-43-41-35/h2-6,11-14,20-21,25,27,31H,7-10,15-19,22-23,38H2,1H3,(H,39,46)(H,40,41,42,43)/t25?,27?,31-/m1/s1. The molecular weight excluding hydrogens is 606 g/mol. The highest BCUT2D eigenvalue weighted by Gasteiger charge is 2.30. The summed E-state index contributed by atoms with van der Waals surface area (Å²) in [5.74, 6) is 0.259. The van der Waals surface area contributed by atoms with Crippen molar-refractivity contribution in [3.8, 4) is 22.5 Å². The van der Waals surface area contributed by atoms with Gasteiger partial charge in [0.2, 0.25) is 11.7 Å². The Bertz CT molecular complexity index is 1710. The van der Waals surface area contributed by atoms with Gasteiger partial charge in [-0.15, -0.1) is 10.2 Å². The number of anilines is 1. The number of amides is 2. The molecule has 11 heteroatoms. The number of tetrazole rings is 1. The smallest absolute Gasteiger partial charge is 0.254 e. The Hall–Kier alpha value is -4.74. The number of ketones is 1. The van der Waals surface area contributed by atoms with E-state index in [1.807, 2.05) is 60.4 Å². The van der Waals surface area contributed by atoms with Crippen LogP contribution in [0.4, 0.5) is 5.69 Å². The Morgan fingerprint density at radius 3 is 2.46 bits per heavy atom. The van der Waals surface area contributed by atoms with Crippen LogP contribution in [0.15, 0.2) is 66.7 Å². The topological polar surface area (TPSA) is 156 Å². The number of rotatable bonds is 11. The minimum absolute atomic E-state index is 0.00461. The second-order valence-electron chi connectivity index (χ2n) is 13.0. The number of H-pyrrole nitrogens is 1. The third-order valence-corrected chi connectivity index (χ3v) is 9.71. The molecule has 0 radical (unpaired) electrons. The number of aromatic amines is 1. The normalized spacial score (nSPS) is 18.7. The zero-order chi connectivity index (χ0) is 33.5. The molecule has 2 heterocycles. The Morgan fingerprint density at radius 1 is 0.979 bits per heavy atom. The fraction of sp³-hybridized carbons (Fsp3) is 0.405. The third kappa shape index (κ3) is 8.03. The van der Waals surface area contributed by atoms with Gasteiger partial charge in [-0.1, -0.05) is 30.3 Å². The second-order valence-corrected chi connectivity index (χ2v) is 13.0. The number of carbonyl (C=O) groups is 3. The van der Waals surface area contributed by atoms with Gasteiger partial charge >= 0.3 is 0 Å². The van der Waals surface area contributed by atoms with Gasteiger partial charge in [-0.05, 0) is 115 Å². The molecule has 0 spiro atoms. The van der Waals surface area contributed by atoms with Crippen LogP contribution < -0.4 is 11.1 Å². The average Bonchev–Trinajstić information content (AvgIpc) is 3.68. The summed E-state index contributed by atoms with van der Waals surface area (Å²) >= 11 is 0. The summed E-state index contributed by atoms with van der Waals surface area (Å²) in [6.45, 7) is 4.94. The first-order chi connectivity index (χ1) is 23.4. The van der Waals surface area contributed by atoms with Crippen LogP contribution in [-0.2, 0) is 20.7 Å². The van der Waals surface area contributed by atoms with Gasteiger partial charge in [-0.2, -0.15) is 5.21 Å². The van der Waals surface area contributed by atoms with Crippen LogP contribution in [0.5, 0.6) is 0 Å². The molecule has 2 fully saturated rings. The van der Waals surface area contributed by atoms with E-state index in [-0.39, 0.29) is 29.9 Å². The molecule has 48 heavy (non-hydrogen) atoms. The van der Waals surface area contributed by atoms with E-state index < -0.39 is 5.92 Å². The van der Waals surface area contributed by atoms with E-state index in [2.05, 4.69) is 32.0 Å². The number of aromatic nitrogens is 4. The van der Waals surface area contributed by atoms with E-state index in [1.54, 1.807) is 12.1 Å². The summed E-state index contributed by atoms with van der Waals surface area (Å²) in [7, 11) is 0. The molecule has 1 saturated heterocycles. The molecule has 4 aromatic rings. The predicted octanol–water partition coefficient (Wildman–Crippen LogP) is 4.84. The lowest BCUT2D eigenvalue weighted by Crippen LogP contribution is -2.40. The first kappa shape index (κ1) is 33.2. The van der Waals surface area contributed by atoms with Crippen molar-refractivity contribution in [3.63, 3.8) is 0 Å². The maximum absolute atomic E-state index is 13.9. The molecule has 3 aromatic carbocycles. The van der Waals surface area contributed by atoms with Crippen LogP contribution in [0.1, 0.15) is 53.6 Å². The SMILES string of the molecule is Cc1ccc(C[C@H](CC(=O)C2CCC(CN)CC2)C(=O)Nc2ccc(-c3nn[nH]n3)cc2)cc1-c1cccc(C(=O)N2CCOCC2)c1. The maximum Gasteiger partial charge on any atom is 0.254 e. The van der Waals surface area contributed by atoms with Crippen LogP contribution in [0.2, 0.25) is 0 Å². The number of morpholine rings is 1. The Morgan fingerprint density at radius 2 is 1.75 bits per heavy atom. The molecule has 250 valence electrons. The van der Waals surface area contributed by atoms with Crippen LogP contribution in [0, 0.1) is 24.7 Å². The van der Waals surface area contributed by atoms with Crippen molar-refractivity contribution in [1.29, 1.82) is 0 Å². The van der Waals surface area contributed by atoms with E-state index in [1.165, 1.54) is 0 Å². The summed E-state index contributed by atoms with van der Waals surface area (Å²) < 4.78 is 5.42. The number of nitrogens with zero attached hydrogens (tertiary/aromatic N) is 4. The second kappa shape index (κ2) is 15.4.